The molecular weight excluding hydrogens is 263 g/mol. The summed E-state index contributed by atoms with van der Waals surface area (Å²) in [4.78, 5) is 3.77. The number of nitrogen functional groups attached to an aromatic ring is 1. The minimum Gasteiger partial charge on any atom is -0.475 e. The van der Waals surface area contributed by atoms with Crippen LogP contribution in [0.5, 0.6) is 5.88 Å². The Balaban J connectivity index is 2.72. The Hall–Kier alpha value is -1.54. The number of hydrogen-bond donors (Lipinski definition) is 2. The summed E-state index contributed by atoms with van der Waals surface area (Å²) in [6.07, 6.45) is -4.46. The molecule has 0 aliphatic carbocycles. The minimum atomic E-state index is -4.49. The number of nitrogens with zero attached hydrogens (tertiary/aromatic N) is 1. The Kier molecular flexibility index (Phi) is 5.37. The smallest absolute Gasteiger partial charge is 0.416 e. The second-order valence-electron chi connectivity index (χ2n) is 3.99. The standard InChI is InChI=1S/C11H16F3N3O2/c1-7(2)18-3-4-19-10-6-8(11(12,13)14)5-9(16-10)17-15/h5-7H,3-4,15H2,1-2H3,(H,16,17). The van der Waals surface area contributed by atoms with Crippen LogP contribution in [0.2, 0.25) is 0 Å². The summed E-state index contributed by atoms with van der Waals surface area (Å²) in [6.45, 7) is 4.06. The number of nitrogens with one attached hydrogen (secondary N) is 1. The number of anilines is 1. The second-order valence-corrected chi connectivity index (χ2v) is 3.99. The number of rotatable bonds is 6. The number of ether oxygens (including phenoxy) is 2. The molecule has 19 heavy (non-hydrogen) atoms. The van der Waals surface area contributed by atoms with Crippen LogP contribution in [0, 0.1) is 0 Å². The first-order chi connectivity index (χ1) is 8.82. The van der Waals surface area contributed by atoms with Crippen LogP contribution >= 0.6 is 0 Å². The SMILES string of the molecule is CC(C)OCCOc1cc(C(F)(F)F)cc(NN)n1. The summed E-state index contributed by atoms with van der Waals surface area (Å²) < 4.78 is 48.1. The third-order valence-corrected chi connectivity index (χ3v) is 2.06. The zero-order valence-electron chi connectivity index (χ0n) is 10.6. The van der Waals surface area contributed by atoms with E-state index < -0.39 is 11.7 Å². The number of aromatic nitrogens is 1. The zero-order chi connectivity index (χ0) is 14.5. The van der Waals surface area contributed by atoms with Crippen LogP contribution in [-0.4, -0.2) is 24.3 Å². The van der Waals surface area contributed by atoms with Gasteiger partial charge in [-0.25, -0.2) is 5.84 Å². The molecule has 0 atom stereocenters. The van der Waals surface area contributed by atoms with Gasteiger partial charge in [-0.1, -0.05) is 0 Å². The predicted molar refractivity (Wildman–Crippen MR) is 63.6 cm³/mol. The van der Waals surface area contributed by atoms with Crippen LogP contribution in [0.3, 0.4) is 0 Å². The van der Waals surface area contributed by atoms with Crippen molar-refractivity contribution in [3.05, 3.63) is 17.7 Å². The molecular formula is C11H16F3N3O2. The quantitative estimate of drug-likeness (QED) is 0.474. The Labute approximate surface area is 108 Å². The topological polar surface area (TPSA) is 69.4 Å². The molecule has 3 N–H and O–H groups in total. The molecule has 0 radical (unpaired) electrons. The molecule has 5 nitrogen and oxygen atoms in total. The van der Waals surface area contributed by atoms with Gasteiger partial charge in [0.05, 0.1) is 18.3 Å². The number of halogens is 3. The Morgan fingerprint density at radius 2 is 2.00 bits per heavy atom. The highest BCUT2D eigenvalue weighted by Gasteiger charge is 2.31. The molecule has 0 bridgehead atoms. The highest BCUT2D eigenvalue weighted by Crippen LogP contribution is 2.32. The summed E-state index contributed by atoms with van der Waals surface area (Å²) in [5.41, 5.74) is 1.19. The molecule has 0 spiro atoms. The monoisotopic (exact) mass is 279 g/mol. The van der Waals surface area contributed by atoms with Gasteiger partial charge >= 0.3 is 6.18 Å². The fraction of sp³-hybridized carbons (Fsp3) is 0.545. The summed E-state index contributed by atoms with van der Waals surface area (Å²) in [5, 5.41) is 0. The van der Waals surface area contributed by atoms with E-state index in [4.69, 9.17) is 15.3 Å². The fourth-order valence-electron chi connectivity index (χ4n) is 1.25. The predicted octanol–water partition coefficient (Wildman–Crippen LogP) is 2.19. The molecule has 0 aromatic carbocycles. The molecule has 0 saturated carbocycles. The van der Waals surface area contributed by atoms with Gasteiger partial charge in [-0.05, 0) is 19.9 Å². The average molecular weight is 279 g/mol. The number of hydrazine groups is 1. The maximum atomic E-state index is 12.6. The summed E-state index contributed by atoms with van der Waals surface area (Å²) in [7, 11) is 0. The lowest BCUT2D eigenvalue weighted by Crippen LogP contribution is -2.15. The van der Waals surface area contributed by atoms with Crippen molar-refractivity contribution in [3.8, 4) is 5.88 Å². The lowest BCUT2D eigenvalue weighted by atomic mass is 10.2. The van der Waals surface area contributed by atoms with E-state index in [9.17, 15) is 13.2 Å². The first kappa shape index (κ1) is 15.5. The van der Waals surface area contributed by atoms with Gasteiger partial charge in [-0.15, -0.1) is 0 Å². The normalized spacial score (nSPS) is 11.7. The van der Waals surface area contributed by atoms with E-state index >= 15 is 0 Å². The Morgan fingerprint density at radius 1 is 1.32 bits per heavy atom. The molecule has 0 saturated heterocycles. The maximum absolute atomic E-state index is 12.6. The van der Waals surface area contributed by atoms with Crippen LogP contribution in [0.1, 0.15) is 19.4 Å². The van der Waals surface area contributed by atoms with Crippen molar-refractivity contribution in [1.29, 1.82) is 0 Å². The summed E-state index contributed by atoms with van der Waals surface area (Å²) in [5.74, 6) is 4.79. The van der Waals surface area contributed by atoms with E-state index in [2.05, 4.69) is 10.4 Å². The molecule has 1 aromatic heterocycles. The third kappa shape index (κ3) is 5.31. The molecule has 1 rings (SSSR count). The van der Waals surface area contributed by atoms with Crippen molar-refractivity contribution in [2.24, 2.45) is 5.84 Å². The van der Waals surface area contributed by atoms with Crippen LogP contribution in [0.15, 0.2) is 12.1 Å². The van der Waals surface area contributed by atoms with E-state index in [1.54, 1.807) is 0 Å². The lowest BCUT2D eigenvalue weighted by Gasteiger charge is -2.12. The Morgan fingerprint density at radius 3 is 2.53 bits per heavy atom. The largest absolute Gasteiger partial charge is 0.475 e. The molecule has 108 valence electrons. The van der Waals surface area contributed by atoms with Crippen molar-refractivity contribution >= 4 is 5.82 Å². The van der Waals surface area contributed by atoms with E-state index in [1.165, 1.54) is 0 Å². The summed E-state index contributed by atoms with van der Waals surface area (Å²) >= 11 is 0. The molecule has 0 aliphatic rings. The zero-order valence-corrected chi connectivity index (χ0v) is 10.6. The van der Waals surface area contributed by atoms with E-state index in [-0.39, 0.29) is 31.0 Å². The average Bonchev–Trinajstić information content (AvgIpc) is 2.33. The van der Waals surface area contributed by atoms with Gasteiger partial charge in [0.15, 0.2) is 0 Å². The Bertz CT molecular complexity index is 411. The van der Waals surface area contributed by atoms with Crippen LogP contribution in [-0.2, 0) is 10.9 Å². The van der Waals surface area contributed by atoms with Gasteiger partial charge in [-0.3, -0.25) is 0 Å². The fourth-order valence-corrected chi connectivity index (χ4v) is 1.25. The first-order valence-corrected chi connectivity index (χ1v) is 5.63. The highest BCUT2D eigenvalue weighted by atomic mass is 19.4. The van der Waals surface area contributed by atoms with Crippen molar-refractivity contribution in [3.63, 3.8) is 0 Å². The van der Waals surface area contributed by atoms with Gasteiger partial charge < -0.3 is 14.9 Å². The number of hydrogen-bond acceptors (Lipinski definition) is 5. The van der Waals surface area contributed by atoms with Crippen LogP contribution in [0.4, 0.5) is 19.0 Å². The third-order valence-electron chi connectivity index (χ3n) is 2.06. The van der Waals surface area contributed by atoms with E-state index in [1.807, 2.05) is 13.8 Å². The molecule has 0 aliphatic heterocycles. The molecule has 0 amide bonds. The van der Waals surface area contributed by atoms with Gasteiger partial charge in [0.25, 0.3) is 0 Å². The summed E-state index contributed by atoms with van der Waals surface area (Å²) in [6, 6.07) is 1.62. The van der Waals surface area contributed by atoms with Crippen molar-refractivity contribution < 1.29 is 22.6 Å². The second kappa shape index (κ2) is 6.58. The van der Waals surface area contributed by atoms with Gasteiger partial charge in [0, 0.05) is 6.07 Å². The van der Waals surface area contributed by atoms with Gasteiger partial charge in [-0.2, -0.15) is 18.2 Å². The van der Waals surface area contributed by atoms with Crippen LogP contribution < -0.4 is 16.0 Å². The van der Waals surface area contributed by atoms with Crippen molar-refractivity contribution in [2.75, 3.05) is 18.6 Å². The van der Waals surface area contributed by atoms with Gasteiger partial charge in [0.1, 0.15) is 12.4 Å². The van der Waals surface area contributed by atoms with Gasteiger partial charge in [0.2, 0.25) is 5.88 Å². The van der Waals surface area contributed by atoms with Crippen molar-refractivity contribution in [1.82, 2.24) is 4.98 Å². The molecule has 0 unspecified atom stereocenters. The van der Waals surface area contributed by atoms with E-state index in [0.717, 1.165) is 12.1 Å². The van der Waals surface area contributed by atoms with Crippen molar-refractivity contribution in [2.45, 2.75) is 26.1 Å². The molecule has 8 heteroatoms. The molecule has 1 aromatic rings. The molecule has 1 heterocycles. The number of pyridine rings is 1. The minimum absolute atomic E-state index is 0.0272. The highest BCUT2D eigenvalue weighted by molar-refractivity contribution is 5.41. The van der Waals surface area contributed by atoms with Crippen LogP contribution in [0.25, 0.3) is 0 Å². The van der Waals surface area contributed by atoms with E-state index in [0.29, 0.717) is 0 Å². The number of nitrogens with two attached hydrogens (primary N) is 1. The first-order valence-electron chi connectivity index (χ1n) is 5.63. The lowest BCUT2D eigenvalue weighted by molar-refractivity contribution is -0.137. The number of alkyl halides is 3. The maximum Gasteiger partial charge on any atom is 0.416 e. The molecule has 0 fully saturated rings.